The van der Waals surface area contributed by atoms with Crippen molar-refractivity contribution in [2.24, 2.45) is 0 Å². The molecule has 0 fully saturated rings. The summed E-state index contributed by atoms with van der Waals surface area (Å²) in [6, 6.07) is 11.6. The molecule has 3 nitrogen and oxygen atoms in total. The molecular formula is C18H16BrNO2. The van der Waals surface area contributed by atoms with E-state index in [1.54, 1.807) is 0 Å². The lowest BCUT2D eigenvalue weighted by Crippen LogP contribution is -2.12. The fraction of sp³-hybridized carbons (Fsp3) is 0.167. The number of carbonyl (C=O) groups is 1. The fourth-order valence-corrected chi connectivity index (χ4v) is 2.78. The van der Waals surface area contributed by atoms with Crippen LogP contribution in [0.25, 0.3) is 11.0 Å². The van der Waals surface area contributed by atoms with Gasteiger partial charge in [0, 0.05) is 21.1 Å². The number of furan rings is 1. The van der Waals surface area contributed by atoms with E-state index in [2.05, 4.69) is 21.2 Å². The lowest BCUT2D eigenvalue weighted by atomic mass is 10.1. The molecule has 22 heavy (non-hydrogen) atoms. The molecule has 1 N–H and O–H groups in total. The van der Waals surface area contributed by atoms with Gasteiger partial charge >= 0.3 is 0 Å². The normalized spacial score (nSPS) is 10.9. The number of fused-ring (bicyclic) bond motifs is 1. The summed E-state index contributed by atoms with van der Waals surface area (Å²) in [5, 5.41) is 3.84. The van der Waals surface area contributed by atoms with E-state index in [9.17, 15) is 4.79 Å². The first-order valence-corrected chi connectivity index (χ1v) is 7.82. The summed E-state index contributed by atoms with van der Waals surface area (Å²) in [6.45, 7) is 5.96. The van der Waals surface area contributed by atoms with Crippen molar-refractivity contribution in [2.45, 2.75) is 20.8 Å². The monoisotopic (exact) mass is 357 g/mol. The average molecular weight is 358 g/mol. The zero-order chi connectivity index (χ0) is 15.9. The largest absolute Gasteiger partial charge is 0.451 e. The Morgan fingerprint density at radius 3 is 2.55 bits per heavy atom. The lowest BCUT2D eigenvalue weighted by Gasteiger charge is -2.06. The highest BCUT2D eigenvalue weighted by molar-refractivity contribution is 9.10. The minimum Gasteiger partial charge on any atom is -0.451 e. The predicted octanol–water partition coefficient (Wildman–Crippen LogP) is 5.37. The van der Waals surface area contributed by atoms with Crippen molar-refractivity contribution >= 4 is 38.5 Å². The number of hydrogen-bond donors (Lipinski definition) is 1. The van der Waals surface area contributed by atoms with Gasteiger partial charge < -0.3 is 9.73 Å². The topological polar surface area (TPSA) is 42.2 Å². The highest BCUT2D eigenvalue weighted by atomic mass is 79.9. The Bertz CT molecular complexity index is 880. The van der Waals surface area contributed by atoms with Gasteiger partial charge in [-0.15, -0.1) is 0 Å². The minimum atomic E-state index is -0.229. The highest BCUT2D eigenvalue weighted by Gasteiger charge is 2.18. The number of rotatable bonds is 2. The number of benzene rings is 2. The summed E-state index contributed by atoms with van der Waals surface area (Å²) >= 11 is 3.44. The minimum absolute atomic E-state index is 0.229. The quantitative estimate of drug-likeness (QED) is 0.669. The van der Waals surface area contributed by atoms with Gasteiger partial charge in [0.2, 0.25) is 0 Å². The van der Waals surface area contributed by atoms with Gasteiger partial charge in [-0.1, -0.05) is 22.0 Å². The summed E-state index contributed by atoms with van der Waals surface area (Å²) in [7, 11) is 0. The average Bonchev–Trinajstić information content (AvgIpc) is 2.80. The molecule has 3 aromatic rings. The Kier molecular flexibility index (Phi) is 3.79. The third-order valence-corrected chi connectivity index (χ3v) is 4.36. The van der Waals surface area contributed by atoms with Crippen molar-refractivity contribution < 1.29 is 9.21 Å². The maximum atomic E-state index is 12.5. The van der Waals surface area contributed by atoms with Crippen LogP contribution in [-0.2, 0) is 0 Å². The molecule has 1 heterocycles. The fourth-order valence-electron chi connectivity index (χ4n) is 2.42. The van der Waals surface area contributed by atoms with Gasteiger partial charge in [-0.25, -0.2) is 0 Å². The van der Waals surface area contributed by atoms with Crippen molar-refractivity contribution in [3.63, 3.8) is 0 Å². The Morgan fingerprint density at radius 1 is 1.05 bits per heavy atom. The Labute approximate surface area is 137 Å². The Morgan fingerprint density at radius 2 is 1.82 bits per heavy atom. The smallest absolute Gasteiger partial charge is 0.291 e. The van der Waals surface area contributed by atoms with E-state index in [-0.39, 0.29) is 5.91 Å². The molecule has 112 valence electrons. The van der Waals surface area contributed by atoms with Crippen molar-refractivity contribution in [1.82, 2.24) is 0 Å². The van der Waals surface area contributed by atoms with Crippen LogP contribution in [0.2, 0.25) is 0 Å². The second-order valence-electron chi connectivity index (χ2n) is 5.45. The summed E-state index contributed by atoms with van der Waals surface area (Å²) in [4.78, 5) is 12.5. The molecule has 0 radical (unpaired) electrons. The molecular weight excluding hydrogens is 342 g/mol. The van der Waals surface area contributed by atoms with E-state index in [1.807, 2.05) is 57.2 Å². The van der Waals surface area contributed by atoms with E-state index in [1.165, 1.54) is 5.56 Å². The molecule has 4 heteroatoms. The third-order valence-electron chi connectivity index (χ3n) is 3.87. The maximum absolute atomic E-state index is 12.5. The van der Waals surface area contributed by atoms with Crippen LogP contribution in [0.5, 0.6) is 0 Å². The lowest BCUT2D eigenvalue weighted by molar-refractivity contribution is 0.0998. The number of anilines is 1. The van der Waals surface area contributed by atoms with Gasteiger partial charge in [-0.2, -0.15) is 0 Å². The van der Waals surface area contributed by atoms with Crippen LogP contribution in [0.15, 0.2) is 45.3 Å². The van der Waals surface area contributed by atoms with Crippen LogP contribution >= 0.6 is 15.9 Å². The molecule has 0 saturated heterocycles. The number of aryl methyl sites for hydroxylation is 3. The molecule has 2 aromatic carbocycles. The molecule has 0 atom stereocenters. The summed E-state index contributed by atoms with van der Waals surface area (Å²) in [5.74, 6) is 0.124. The van der Waals surface area contributed by atoms with Crippen LogP contribution in [0.3, 0.4) is 0 Å². The van der Waals surface area contributed by atoms with Crippen molar-refractivity contribution in [3.8, 4) is 0 Å². The second kappa shape index (κ2) is 5.61. The summed E-state index contributed by atoms with van der Waals surface area (Å²) in [5.41, 5.74) is 4.67. The molecule has 1 amide bonds. The molecule has 0 spiro atoms. The summed E-state index contributed by atoms with van der Waals surface area (Å²) < 4.78 is 6.67. The van der Waals surface area contributed by atoms with Gasteiger partial charge in [0.25, 0.3) is 5.91 Å². The molecule has 0 unspecified atom stereocenters. The molecule has 3 rings (SSSR count). The predicted molar refractivity (Wildman–Crippen MR) is 92.5 cm³/mol. The van der Waals surface area contributed by atoms with E-state index in [0.29, 0.717) is 11.3 Å². The zero-order valence-electron chi connectivity index (χ0n) is 12.7. The van der Waals surface area contributed by atoms with E-state index in [4.69, 9.17) is 4.42 Å². The van der Waals surface area contributed by atoms with Gasteiger partial charge in [0.1, 0.15) is 5.58 Å². The summed E-state index contributed by atoms with van der Waals surface area (Å²) in [6.07, 6.45) is 0. The number of halogens is 1. The first-order valence-electron chi connectivity index (χ1n) is 7.03. The maximum Gasteiger partial charge on any atom is 0.291 e. The van der Waals surface area contributed by atoms with E-state index < -0.39 is 0 Å². The van der Waals surface area contributed by atoms with E-state index >= 15 is 0 Å². The molecule has 0 aliphatic rings. The molecule has 0 saturated carbocycles. The van der Waals surface area contributed by atoms with Gasteiger partial charge in [0.05, 0.1) is 0 Å². The van der Waals surface area contributed by atoms with Crippen LogP contribution in [0.1, 0.15) is 27.2 Å². The number of nitrogens with one attached hydrogen (secondary N) is 1. The van der Waals surface area contributed by atoms with E-state index in [0.717, 1.165) is 26.7 Å². The number of carbonyl (C=O) groups excluding carboxylic acids is 1. The van der Waals surface area contributed by atoms with Crippen molar-refractivity contribution in [1.29, 1.82) is 0 Å². The SMILES string of the molecule is Cc1ccc(NC(=O)c2oc3ccc(Br)cc3c2C)cc1C. The van der Waals surface area contributed by atoms with Gasteiger partial charge in [0.15, 0.2) is 5.76 Å². The molecule has 0 bridgehead atoms. The third kappa shape index (κ3) is 2.66. The van der Waals surface area contributed by atoms with Crippen LogP contribution in [-0.4, -0.2) is 5.91 Å². The zero-order valence-corrected chi connectivity index (χ0v) is 14.2. The van der Waals surface area contributed by atoms with Crippen molar-refractivity contribution in [3.05, 3.63) is 63.3 Å². The van der Waals surface area contributed by atoms with Gasteiger partial charge in [-0.3, -0.25) is 4.79 Å². The standard InChI is InChI=1S/C18H16BrNO2/c1-10-4-6-14(8-11(10)2)20-18(21)17-12(3)15-9-13(19)5-7-16(15)22-17/h4-9H,1-3H3,(H,20,21). The van der Waals surface area contributed by atoms with Crippen LogP contribution in [0, 0.1) is 20.8 Å². The number of hydrogen-bond acceptors (Lipinski definition) is 2. The van der Waals surface area contributed by atoms with Crippen molar-refractivity contribution in [2.75, 3.05) is 5.32 Å². The number of amides is 1. The molecule has 0 aliphatic heterocycles. The first-order chi connectivity index (χ1) is 10.5. The van der Waals surface area contributed by atoms with Crippen LogP contribution < -0.4 is 5.32 Å². The second-order valence-corrected chi connectivity index (χ2v) is 6.37. The Hall–Kier alpha value is -2.07. The van der Waals surface area contributed by atoms with Crippen LogP contribution in [0.4, 0.5) is 5.69 Å². The Balaban J connectivity index is 1.95. The highest BCUT2D eigenvalue weighted by Crippen LogP contribution is 2.28. The molecule has 1 aromatic heterocycles. The molecule has 0 aliphatic carbocycles. The van der Waals surface area contributed by atoms with Gasteiger partial charge in [-0.05, 0) is 62.2 Å². The first kappa shape index (κ1) is 14.9.